The molecule has 1 unspecified atom stereocenters. The average molecular weight is 389 g/mol. The number of rotatable bonds is 7. The van der Waals surface area contributed by atoms with Crippen LogP contribution in [0.5, 0.6) is 5.75 Å². The van der Waals surface area contributed by atoms with Gasteiger partial charge in [0.1, 0.15) is 5.75 Å². The maximum Gasteiger partial charge on any atom is 0.119 e. The zero-order chi connectivity index (χ0) is 20.1. The van der Waals surface area contributed by atoms with E-state index in [9.17, 15) is 0 Å². The second-order valence-electron chi connectivity index (χ2n) is 9.09. The van der Waals surface area contributed by atoms with Crippen molar-refractivity contribution in [2.45, 2.75) is 76.5 Å². The van der Waals surface area contributed by atoms with E-state index in [1.807, 2.05) is 6.08 Å². The van der Waals surface area contributed by atoms with Crippen LogP contribution in [0.15, 0.2) is 55.1 Å². The highest BCUT2D eigenvalue weighted by Crippen LogP contribution is 2.38. The Hall–Kier alpha value is -2.02. The fourth-order valence-corrected chi connectivity index (χ4v) is 5.31. The van der Waals surface area contributed by atoms with Gasteiger partial charge in [-0.2, -0.15) is 0 Å². The van der Waals surface area contributed by atoms with Crippen molar-refractivity contribution in [3.8, 4) is 5.75 Å². The van der Waals surface area contributed by atoms with Crippen LogP contribution in [0, 0.1) is 5.92 Å². The van der Waals surface area contributed by atoms with Crippen molar-refractivity contribution in [2.75, 3.05) is 6.61 Å². The van der Waals surface area contributed by atoms with Crippen molar-refractivity contribution in [2.24, 2.45) is 5.92 Å². The van der Waals surface area contributed by atoms with E-state index < -0.39 is 0 Å². The number of hydrogen-bond acceptors (Lipinski definition) is 1. The summed E-state index contributed by atoms with van der Waals surface area (Å²) in [6, 6.07) is 16.4. The molecule has 1 atom stereocenters. The van der Waals surface area contributed by atoms with Crippen molar-refractivity contribution in [1.82, 2.24) is 0 Å². The molecule has 4 rings (SSSR count). The smallest absolute Gasteiger partial charge is 0.119 e. The van der Waals surface area contributed by atoms with Gasteiger partial charge in [-0.1, -0.05) is 49.8 Å². The highest BCUT2D eigenvalue weighted by Gasteiger charge is 2.23. The molecule has 154 valence electrons. The molecule has 29 heavy (non-hydrogen) atoms. The molecule has 2 aliphatic rings. The molecule has 2 aliphatic carbocycles. The van der Waals surface area contributed by atoms with E-state index in [1.165, 1.54) is 55.2 Å². The summed E-state index contributed by atoms with van der Waals surface area (Å²) in [5.74, 6) is 3.42. The van der Waals surface area contributed by atoms with E-state index in [4.69, 9.17) is 4.74 Å². The van der Waals surface area contributed by atoms with E-state index in [1.54, 1.807) is 5.56 Å². The van der Waals surface area contributed by atoms with Gasteiger partial charge in [-0.3, -0.25) is 0 Å². The Morgan fingerprint density at radius 1 is 0.897 bits per heavy atom. The molecular weight excluding hydrogens is 352 g/mol. The predicted molar refractivity (Wildman–Crippen MR) is 123 cm³/mol. The first-order valence-electron chi connectivity index (χ1n) is 11.7. The van der Waals surface area contributed by atoms with Crippen LogP contribution in [0.4, 0.5) is 0 Å². The molecule has 0 aliphatic heterocycles. The van der Waals surface area contributed by atoms with Crippen LogP contribution in [0.2, 0.25) is 0 Å². The molecule has 0 radical (unpaired) electrons. The number of aryl methyl sites for hydroxylation is 1. The molecule has 1 fully saturated rings. The lowest BCUT2D eigenvalue weighted by Crippen LogP contribution is -2.14. The van der Waals surface area contributed by atoms with Crippen LogP contribution in [-0.2, 0) is 12.8 Å². The van der Waals surface area contributed by atoms with Gasteiger partial charge in [0, 0.05) is 0 Å². The molecule has 0 aromatic heterocycles. The fourth-order valence-electron chi connectivity index (χ4n) is 5.31. The van der Waals surface area contributed by atoms with Gasteiger partial charge in [-0.05, 0) is 104 Å². The Labute approximate surface area is 177 Å². The lowest BCUT2D eigenvalue weighted by Gasteiger charge is -2.29. The van der Waals surface area contributed by atoms with Gasteiger partial charge in [-0.25, -0.2) is 0 Å². The van der Waals surface area contributed by atoms with Crippen molar-refractivity contribution in [3.63, 3.8) is 0 Å². The SMILES string of the molecule is C=CCCOc1ccc2c(c1)CCC(c1ccc(C3CCC(CC)CC3)cc1)C2. The third-order valence-electron chi connectivity index (χ3n) is 7.30. The summed E-state index contributed by atoms with van der Waals surface area (Å²) in [6.07, 6.45) is 13.3. The number of benzene rings is 2. The predicted octanol–water partition coefficient (Wildman–Crippen LogP) is 7.60. The minimum absolute atomic E-state index is 0.653. The van der Waals surface area contributed by atoms with Gasteiger partial charge in [0.2, 0.25) is 0 Å². The Kier molecular flexibility index (Phi) is 6.74. The monoisotopic (exact) mass is 388 g/mol. The number of fused-ring (bicyclic) bond motifs is 1. The van der Waals surface area contributed by atoms with Gasteiger partial charge in [0.25, 0.3) is 0 Å². The minimum Gasteiger partial charge on any atom is -0.493 e. The standard InChI is InChI=1S/C28H36O/c1-3-5-18-29-28-17-16-26-19-25(14-15-27(26)20-28)24-12-10-23(11-13-24)22-8-6-21(4-2)7-9-22/h3,10-13,16-17,20-22,25H,1,4-9,14-15,18-19H2,2H3. The van der Waals surface area contributed by atoms with E-state index in [2.05, 4.69) is 56.0 Å². The van der Waals surface area contributed by atoms with Crippen molar-refractivity contribution >= 4 is 0 Å². The molecule has 0 N–H and O–H groups in total. The first kappa shape index (κ1) is 20.3. The molecule has 0 heterocycles. The topological polar surface area (TPSA) is 9.23 Å². The highest BCUT2D eigenvalue weighted by atomic mass is 16.5. The first-order chi connectivity index (χ1) is 14.3. The van der Waals surface area contributed by atoms with Gasteiger partial charge >= 0.3 is 0 Å². The maximum atomic E-state index is 5.84. The van der Waals surface area contributed by atoms with Crippen LogP contribution in [0.25, 0.3) is 0 Å². The quantitative estimate of drug-likeness (QED) is 0.350. The molecule has 0 bridgehead atoms. The van der Waals surface area contributed by atoms with E-state index >= 15 is 0 Å². The number of hydrogen-bond donors (Lipinski definition) is 0. The Balaban J connectivity index is 1.37. The van der Waals surface area contributed by atoms with E-state index in [0.29, 0.717) is 5.92 Å². The largest absolute Gasteiger partial charge is 0.493 e. The zero-order valence-electron chi connectivity index (χ0n) is 18.0. The lowest BCUT2D eigenvalue weighted by molar-refractivity contribution is 0.318. The Morgan fingerprint density at radius 3 is 2.31 bits per heavy atom. The van der Waals surface area contributed by atoms with Crippen molar-refractivity contribution < 1.29 is 4.74 Å². The Morgan fingerprint density at radius 2 is 1.62 bits per heavy atom. The van der Waals surface area contributed by atoms with Gasteiger partial charge in [0.15, 0.2) is 0 Å². The minimum atomic E-state index is 0.653. The molecule has 2 aromatic rings. The van der Waals surface area contributed by atoms with Crippen LogP contribution in [-0.4, -0.2) is 6.61 Å². The van der Waals surface area contributed by atoms with Gasteiger partial charge in [-0.15, -0.1) is 6.58 Å². The molecule has 2 aromatic carbocycles. The van der Waals surface area contributed by atoms with Crippen LogP contribution < -0.4 is 4.74 Å². The third kappa shape index (κ3) is 4.94. The second-order valence-corrected chi connectivity index (χ2v) is 9.09. The van der Waals surface area contributed by atoms with Crippen LogP contribution in [0.3, 0.4) is 0 Å². The number of ether oxygens (including phenoxy) is 1. The first-order valence-corrected chi connectivity index (χ1v) is 11.7. The molecule has 1 nitrogen and oxygen atoms in total. The van der Waals surface area contributed by atoms with Crippen molar-refractivity contribution in [1.29, 1.82) is 0 Å². The summed E-state index contributed by atoms with van der Waals surface area (Å²) >= 11 is 0. The normalized spacial score (nSPS) is 24.0. The van der Waals surface area contributed by atoms with E-state index in [-0.39, 0.29) is 0 Å². The summed E-state index contributed by atoms with van der Waals surface area (Å²) in [4.78, 5) is 0. The van der Waals surface area contributed by atoms with Crippen LogP contribution >= 0.6 is 0 Å². The average Bonchev–Trinajstić information content (AvgIpc) is 2.79. The highest BCUT2D eigenvalue weighted by molar-refractivity contribution is 5.40. The fraction of sp³-hybridized carbons (Fsp3) is 0.500. The Bertz CT molecular complexity index is 796. The zero-order valence-corrected chi connectivity index (χ0v) is 18.0. The molecule has 0 amide bonds. The summed E-state index contributed by atoms with van der Waals surface area (Å²) in [5, 5.41) is 0. The van der Waals surface area contributed by atoms with Gasteiger partial charge < -0.3 is 4.74 Å². The van der Waals surface area contributed by atoms with Crippen LogP contribution in [0.1, 0.15) is 86.0 Å². The van der Waals surface area contributed by atoms with Crippen molar-refractivity contribution in [3.05, 3.63) is 77.4 Å². The van der Waals surface area contributed by atoms with Gasteiger partial charge in [0.05, 0.1) is 6.61 Å². The van der Waals surface area contributed by atoms with E-state index in [0.717, 1.165) is 43.5 Å². The second kappa shape index (κ2) is 9.65. The molecular formula is C28H36O. The third-order valence-corrected chi connectivity index (χ3v) is 7.30. The molecule has 1 heteroatoms. The maximum absolute atomic E-state index is 5.84. The summed E-state index contributed by atoms with van der Waals surface area (Å²) in [7, 11) is 0. The molecule has 1 saturated carbocycles. The molecule has 0 spiro atoms. The summed E-state index contributed by atoms with van der Waals surface area (Å²) < 4.78 is 5.84. The summed E-state index contributed by atoms with van der Waals surface area (Å²) in [5.41, 5.74) is 6.06. The molecule has 0 saturated heterocycles. The summed E-state index contributed by atoms with van der Waals surface area (Å²) in [6.45, 7) is 6.82. The lowest BCUT2D eigenvalue weighted by atomic mass is 9.76.